The molecule has 0 saturated carbocycles. The Morgan fingerprint density at radius 3 is 2.59 bits per heavy atom. The van der Waals surface area contributed by atoms with Crippen molar-refractivity contribution in [1.82, 2.24) is 14.8 Å². The maximum absolute atomic E-state index is 10.6. The largest absolute Gasteiger partial charge is 0.480 e. The van der Waals surface area contributed by atoms with E-state index in [1.165, 1.54) is 0 Å². The smallest absolute Gasteiger partial charge is 0.317 e. The van der Waals surface area contributed by atoms with Gasteiger partial charge in [0.25, 0.3) is 0 Å². The first-order chi connectivity index (χ1) is 8.13. The van der Waals surface area contributed by atoms with Crippen molar-refractivity contribution in [1.29, 1.82) is 0 Å². The van der Waals surface area contributed by atoms with Crippen LogP contribution in [0.25, 0.3) is 0 Å². The Hall–Kier alpha value is -0.980. The van der Waals surface area contributed by atoms with Crippen LogP contribution in [0.5, 0.6) is 0 Å². The van der Waals surface area contributed by atoms with Crippen LogP contribution in [0, 0.1) is 6.92 Å². The first kappa shape index (κ1) is 12.5. The molecule has 1 saturated heterocycles. The van der Waals surface area contributed by atoms with Gasteiger partial charge in [-0.25, -0.2) is 4.98 Å². The first-order valence-corrected chi connectivity index (χ1v) is 6.59. The third kappa shape index (κ3) is 3.76. The maximum atomic E-state index is 10.6. The van der Waals surface area contributed by atoms with Gasteiger partial charge in [-0.2, -0.15) is 0 Å². The molecule has 0 radical (unpaired) electrons. The summed E-state index contributed by atoms with van der Waals surface area (Å²) in [7, 11) is 0. The van der Waals surface area contributed by atoms with Crippen molar-refractivity contribution in [3.63, 3.8) is 0 Å². The lowest BCUT2D eigenvalue weighted by atomic mass is 10.3. The molecule has 1 aliphatic heterocycles. The van der Waals surface area contributed by atoms with Crippen LogP contribution < -0.4 is 0 Å². The summed E-state index contributed by atoms with van der Waals surface area (Å²) in [6.45, 7) is 6.55. The van der Waals surface area contributed by atoms with Crippen LogP contribution in [0.15, 0.2) is 5.38 Å². The van der Waals surface area contributed by atoms with Crippen LogP contribution in [0.4, 0.5) is 0 Å². The van der Waals surface area contributed by atoms with E-state index >= 15 is 0 Å². The van der Waals surface area contributed by atoms with Crippen LogP contribution in [-0.4, -0.2) is 58.6 Å². The minimum Gasteiger partial charge on any atom is -0.480 e. The topological polar surface area (TPSA) is 56.7 Å². The zero-order valence-corrected chi connectivity index (χ0v) is 10.7. The Morgan fingerprint density at radius 1 is 1.41 bits per heavy atom. The molecule has 1 N–H and O–H groups in total. The number of carbonyl (C=O) groups is 1. The number of aromatic nitrogens is 1. The van der Waals surface area contributed by atoms with Crippen LogP contribution in [0.1, 0.15) is 10.7 Å². The number of rotatable bonds is 4. The summed E-state index contributed by atoms with van der Waals surface area (Å²) in [4.78, 5) is 19.3. The van der Waals surface area contributed by atoms with Crippen molar-refractivity contribution in [2.45, 2.75) is 13.5 Å². The second-order valence-electron chi connectivity index (χ2n) is 4.30. The summed E-state index contributed by atoms with van der Waals surface area (Å²) in [5.74, 6) is -0.742. The van der Waals surface area contributed by atoms with Gasteiger partial charge in [0.05, 0.1) is 17.2 Å². The Kier molecular flexibility index (Phi) is 4.09. The highest BCUT2D eigenvalue weighted by molar-refractivity contribution is 7.09. The molecule has 0 amide bonds. The summed E-state index contributed by atoms with van der Waals surface area (Å²) in [5.41, 5.74) is 1.12. The molecule has 0 unspecified atom stereocenters. The van der Waals surface area contributed by atoms with Gasteiger partial charge >= 0.3 is 5.97 Å². The van der Waals surface area contributed by atoms with E-state index in [0.29, 0.717) is 0 Å². The Bertz CT molecular complexity index is 386. The van der Waals surface area contributed by atoms with Crippen molar-refractivity contribution in [3.8, 4) is 0 Å². The molecule has 6 heteroatoms. The van der Waals surface area contributed by atoms with Gasteiger partial charge in [-0.3, -0.25) is 14.6 Å². The quantitative estimate of drug-likeness (QED) is 0.856. The fourth-order valence-corrected chi connectivity index (χ4v) is 2.61. The second kappa shape index (κ2) is 5.57. The zero-order chi connectivity index (χ0) is 12.3. The monoisotopic (exact) mass is 255 g/mol. The van der Waals surface area contributed by atoms with Gasteiger partial charge in [-0.05, 0) is 6.92 Å². The van der Waals surface area contributed by atoms with Gasteiger partial charge in [0, 0.05) is 38.1 Å². The van der Waals surface area contributed by atoms with Crippen molar-refractivity contribution in [3.05, 3.63) is 16.1 Å². The Labute approximate surface area is 105 Å². The molecule has 0 aromatic carbocycles. The lowest BCUT2D eigenvalue weighted by Gasteiger charge is -2.33. The van der Waals surface area contributed by atoms with Crippen LogP contribution in [-0.2, 0) is 11.3 Å². The predicted octanol–water partition coefficient (Wildman–Crippen LogP) is 0.654. The number of aliphatic carboxylic acids is 1. The number of piperazine rings is 1. The molecular weight excluding hydrogens is 238 g/mol. The van der Waals surface area contributed by atoms with Gasteiger partial charge < -0.3 is 5.11 Å². The van der Waals surface area contributed by atoms with Crippen molar-refractivity contribution in [2.24, 2.45) is 0 Å². The average Bonchev–Trinajstić information content (AvgIpc) is 2.66. The molecule has 2 heterocycles. The SMILES string of the molecule is Cc1nc(CN2CCN(CC(=O)O)CC2)cs1. The second-order valence-corrected chi connectivity index (χ2v) is 5.37. The molecule has 1 aliphatic rings. The third-order valence-corrected chi connectivity index (χ3v) is 3.70. The number of thiazole rings is 1. The van der Waals surface area contributed by atoms with Crippen molar-refractivity contribution < 1.29 is 9.90 Å². The summed E-state index contributed by atoms with van der Waals surface area (Å²) in [5, 5.41) is 11.9. The van der Waals surface area contributed by atoms with E-state index in [2.05, 4.69) is 15.3 Å². The number of aryl methyl sites for hydroxylation is 1. The number of nitrogens with zero attached hydrogens (tertiary/aromatic N) is 3. The fraction of sp³-hybridized carbons (Fsp3) is 0.636. The Morgan fingerprint density at radius 2 is 2.06 bits per heavy atom. The average molecular weight is 255 g/mol. The lowest BCUT2D eigenvalue weighted by molar-refractivity contribution is -0.138. The predicted molar refractivity (Wildman–Crippen MR) is 66.2 cm³/mol. The maximum Gasteiger partial charge on any atom is 0.317 e. The van der Waals surface area contributed by atoms with E-state index < -0.39 is 5.97 Å². The molecule has 0 spiro atoms. The van der Waals surface area contributed by atoms with E-state index in [-0.39, 0.29) is 6.54 Å². The van der Waals surface area contributed by atoms with Crippen molar-refractivity contribution >= 4 is 17.3 Å². The molecular formula is C11H17N3O2S. The summed E-state index contributed by atoms with van der Waals surface area (Å²) >= 11 is 1.68. The molecule has 0 bridgehead atoms. The normalized spacial score (nSPS) is 18.4. The highest BCUT2D eigenvalue weighted by atomic mass is 32.1. The highest BCUT2D eigenvalue weighted by Crippen LogP contribution is 2.12. The summed E-state index contributed by atoms with van der Waals surface area (Å²) < 4.78 is 0. The number of carboxylic acid groups (broad SMARTS) is 1. The molecule has 5 nitrogen and oxygen atoms in total. The van der Waals surface area contributed by atoms with Gasteiger partial charge in [-0.1, -0.05) is 0 Å². The van der Waals surface area contributed by atoms with E-state index in [0.717, 1.165) is 43.4 Å². The zero-order valence-electron chi connectivity index (χ0n) is 9.93. The third-order valence-electron chi connectivity index (χ3n) is 2.88. The minimum atomic E-state index is -0.742. The molecule has 94 valence electrons. The lowest BCUT2D eigenvalue weighted by Crippen LogP contribution is -2.47. The fourth-order valence-electron chi connectivity index (χ4n) is 2.01. The van der Waals surface area contributed by atoms with Gasteiger partial charge in [0.1, 0.15) is 0 Å². The van der Waals surface area contributed by atoms with Gasteiger partial charge in [-0.15, -0.1) is 11.3 Å². The number of hydrogen-bond donors (Lipinski definition) is 1. The minimum absolute atomic E-state index is 0.156. The van der Waals surface area contributed by atoms with E-state index in [4.69, 9.17) is 5.11 Å². The van der Waals surface area contributed by atoms with Crippen LogP contribution >= 0.6 is 11.3 Å². The molecule has 1 fully saturated rings. The molecule has 2 rings (SSSR count). The molecule has 0 aliphatic carbocycles. The molecule has 17 heavy (non-hydrogen) atoms. The van der Waals surface area contributed by atoms with Gasteiger partial charge in [0.2, 0.25) is 0 Å². The Balaban J connectivity index is 1.77. The van der Waals surface area contributed by atoms with E-state index in [1.807, 2.05) is 11.8 Å². The van der Waals surface area contributed by atoms with Crippen LogP contribution in [0.2, 0.25) is 0 Å². The summed E-state index contributed by atoms with van der Waals surface area (Å²) in [6.07, 6.45) is 0. The van der Waals surface area contributed by atoms with E-state index in [9.17, 15) is 4.79 Å². The molecule has 1 aromatic heterocycles. The first-order valence-electron chi connectivity index (χ1n) is 5.71. The molecule has 1 aromatic rings. The van der Waals surface area contributed by atoms with Crippen molar-refractivity contribution in [2.75, 3.05) is 32.7 Å². The van der Waals surface area contributed by atoms with E-state index in [1.54, 1.807) is 11.3 Å². The van der Waals surface area contributed by atoms with Gasteiger partial charge in [0.15, 0.2) is 0 Å². The standard InChI is InChI=1S/C11H17N3O2S/c1-9-12-10(8-17-9)6-13-2-4-14(5-3-13)7-11(15)16/h8H,2-7H2,1H3,(H,15,16). The number of carboxylic acids is 1. The molecule has 0 atom stereocenters. The van der Waals surface area contributed by atoms with Crippen LogP contribution in [0.3, 0.4) is 0 Å². The highest BCUT2D eigenvalue weighted by Gasteiger charge is 2.19. The summed E-state index contributed by atoms with van der Waals surface area (Å²) in [6, 6.07) is 0. The number of hydrogen-bond acceptors (Lipinski definition) is 5.